The fraction of sp³-hybridized carbons (Fsp3) is 0.929. The van der Waals surface area contributed by atoms with Gasteiger partial charge in [-0.1, -0.05) is 20.8 Å². The van der Waals surface area contributed by atoms with Crippen LogP contribution in [-0.2, 0) is 4.74 Å². The summed E-state index contributed by atoms with van der Waals surface area (Å²) < 4.78 is 5.91. The molecule has 98 valence electrons. The molecule has 0 bridgehead atoms. The molecule has 0 aromatic heterocycles. The summed E-state index contributed by atoms with van der Waals surface area (Å²) in [6, 6.07) is 2.46. The molecule has 1 N–H and O–H groups in total. The zero-order valence-electron chi connectivity index (χ0n) is 11.5. The van der Waals surface area contributed by atoms with Crippen molar-refractivity contribution < 1.29 is 4.74 Å². The molecule has 1 saturated carbocycles. The van der Waals surface area contributed by atoms with Gasteiger partial charge in [-0.05, 0) is 38.1 Å². The molecular weight excluding hydrogens is 212 g/mol. The van der Waals surface area contributed by atoms with Gasteiger partial charge in [0.15, 0.2) is 0 Å². The van der Waals surface area contributed by atoms with E-state index in [0.717, 1.165) is 45.3 Å². The van der Waals surface area contributed by atoms with Gasteiger partial charge in [0.25, 0.3) is 0 Å². The lowest BCUT2D eigenvalue weighted by atomic mass is 9.81. The van der Waals surface area contributed by atoms with Crippen molar-refractivity contribution in [3.05, 3.63) is 0 Å². The first-order chi connectivity index (χ1) is 8.12. The molecule has 1 fully saturated rings. The second-order valence-corrected chi connectivity index (χ2v) is 5.50. The first-order valence-electron chi connectivity index (χ1n) is 6.90. The topological polar surface area (TPSA) is 45.0 Å². The van der Waals surface area contributed by atoms with Gasteiger partial charge in [0.2, 0.25) is 0 Å². The molecule has 2 atom stereocenters. The molecule has 3 nitrogen and oxygen atoms in total. The SMILES string of the molecule is CCNC1(C#N)CCCC(OCCC(C)C)C1. The number of hydrogen-bond acceptors (Lipinski definition) is 3. The van der Waals surface area contributed by atoms with E-state index >= 15 is 0 Å². The summed E-state index contributed by atoms with van der Waals surface area (Å²) in [5.41, 5.74) is -0.338. The molecule has 1 rings (SSSR count). The predicted octanol–water partition coefficient (Wildman–Crippen LogP) is 2.86. The van der Waals surface area contributed by atoms with Crippen LogP contribution in [0.5, 0.6) is 0 Å². The number of nitrogens with one attached hydrogen (secondary N) is 1. The standard InChI is InChI=1S/C14H26N2O/c1-4-16-14(11-15)8-5-6-13(10-14)17-9-7-12(2)3/h12-13,16H,4-10H2,1-3H3. The molecule has 0 aromatic rings. The Hall–Kier alpha value is -0.590. The Labute approximate surface area is 106 Å². The van der Waals surface area contributed by atoms with E-state index in [-0.39, 0.29) is 11.6 Å². The van der Waals surface area contributed by atoms with Crippen LogP contribution in [0.15, 0.2) is 0 Å². The average Bonchev–Trinajstić information content (AvgIpc) is 2.29. The minimum absolute atomic E-state index is 0.265. The van der Waals surface area contributed by atoms with Crippen molar-refractivity contribution in [3.8, 4) is 6.07 Å². The van der Waals surface area contributed by atoms with Gasteiger partial charge in [0.05, 0.1) is 12.2 Å². The van der Waals surface area contributed by atoms with E-state index in [1.54, 1.807) is 0 Å². The molecule has 0 aromatic carbocycles. The Kier molecular flexibility index (Phi) is 5.94. The van der Waals surface area contributed by atoms with Crippen LogP contribution >= 0.6 is 0 Å². The first kappa shape index (κ1) is 14.5. The molecule has 3 heteroatoms. The van der Waals surface area contributed by atoms with E-state index in [9.17, 15) is 5.26 Å². The molecule has 0 aliphatic heterocycles. The van der Waals surface area contributed by atoms with E-state index in [1.165, 1.54) is 0 Å². The van der Waals surface area contributed by atoms with Gasteiger partial charge in [-0.25, -0.2) is 0 Å². The molecule has 0 radical (unpaired) electrons. The van der Waals surface area contributed by atoms with E-state index in [2.05, 4.69) is 32.2 Å². The first-order valence-corrected chi connectivity index (χ1v) is 6.90. The Bertz CT molecular complexity index is 255. The molecule has 0 spiro atoms. The maximum Gasteiger partial charge on any atom is 0.109 e. The smallest absolute Gasteiger partial charge is 0.109 e. The van der Waals surface area contributed by atoms with Crippen LogP contribution in [0.3, 0.4) is 0 Å². The lowest BCUT2D eigenvalue weighted by molar-refractivity contribution is 0.00484. The highest BCUT2D eigenvalue weighted by Crippen LogP contribution is 2.29. The maximum atomic E-state index is 9.34. The number of rotatable bonds is 6. The Balaban J connectivity index is 2.40. The van der Waals surface area contributed by atoms with Crippen LogP contribution in [0.1, 0.15) is 52.9 Å². The summed E-state index contributed by atoms with van der Waals surface area (Å²) in [5.74, 6) is 0.688. The summed E-state index contributed by atoms with van der Waals surface area (Å²) in [5, 5.41) is 12.7. The highest BCUT2D eigenvalue weighted by molar-refractivity contribution is 5.10. The van der Waals surface area contributed by atoms with Crippen LogP contribution in [-0.4, -0.2) is 24.8 Å². The third-order valence-corrected chi connectivity index (χ3v) is 3.48. The summed E-state index contributed by atoms with van der Waals surface area (Å²) in [7, 11) is 0. The van der Waals surface area contributed by atoms with Crippen molar-refractivity contribution in [2.24, 2.45) is 5.92 Å². The van der Waals surface area contributed by atoms with Crippen LogP contribution in [0, 0.1) is 17.2 Å². The second kappa shape index (κ2) is 6.98. The number of nitriles is 1. The minimum Gasteiger partial charge on any atom is -0.378 e. The second-order valence-electron chi connectivity index (χ2n) is 5.50. The van der Waals surface area contributed by atoms with Gasteiger partial charge < -0.3 is 4.74 Å². The quantitative estimate of drug-likeness (QED) is 0.774. The number of nitrogens with zero attached hydrogens (tertiary/aromatic N) is 1. The molecule has 1 aliphatic rings. The zero-order valence-corrected chi connectivity index (χ0v) is 11.5. The zero-order chi connectivity index (χ0) is 12.7. The van der Waals surface area contributed by atoms with E-state index in [1.807, 2.05) is 0 Å². The van der Waals surface area contributed by atoms with Crippen molar-refractivity contribution in [2.75, 3.05) is 13.2 Å². The van der Waals surface area contributed by atoms with E-state index < -0.39 is 0 Å². The molecule has 2 unspecified atom stereocenters. The van der Waals surface area contributed by atoms with Crippen molar-refractivity contribution in [1.82, 2.24) is 5.32 Å². The normalized spacial score (nSPS) is 29.2. The monoisotopic (exact) mass is 238 g/mol. The summed E-state index contributed by atoms with van der Waals surface area (Å²) in [4.78, 5) is 0. The van der Waals surface area contributed by atoms with Gasteiger partial charge in [-0.3, -0.25) is 5.32 Å². The predicted molar refractivity (Wildman–Crippen MR) is 69.7 cm³/mol. The third-order valence-electron chi connectivity index (χ3n) is 3.48. The van der Waals surface area contributed by atoms with Gasteiger partial charge >= 0.3 is 0 Å². The number of hydrogen-bond donors (Lipinski definition) is 1. The van der Waals surface area contributed by atoms with Crippen molar-refractivity contribution in [2.45, 2.75) is 64.5 Å². The summed E-state index contributed by atoms with van der Waals surface area (Å²) >= 11 is 0. The third kappa shape index (κ3) is 4.65. The van der Waals surface area contributed by atoms with Gasteiger partial charge in [0, 0.05) is 13.0 Å². The molecule has 0 heterocycles. The number of ether oxygens (including phenoxy) is 1. The summed E-state index contributed by atoms with van der Waals surface area (Å²) in [6.45, 7) is 8.16. The van der Waals surface area contributed by atoms with Crippen LogP contribution in [0.25, 0.3) is 0 Å². The Morgan fingerprint density at radius 1 is 1.53 bits per heavy atom. The van der Waals surface area contributed by atoms with E-state index in [4.69, 9.17) is 4.74 Å². The lowest BCUT2D eigenvalue weighted by Crippen LogP contribution is -2.49. The van der Waals surface area contributed by atoms with Crippen LogP contribution in [0.4, 0.5) is 0 Å². The van der Waals surface area contributed by atoms with Crippen LogP contribution in [0.2, 0.25) is 0 Å². The largest absolute Gasteiger partial charge is 0.378 e. The molecule has 17 heavy (non-hydrogen) atoms. The Morgan fingerprint density at radius 2 is 2.29 bits per heavy atom. The molecule has 1 aliphatic carbocycles. The van der Waals surface area contributed by atoms with Gasteiger partial charge in [0.1, 0.15) is 5.54 Å². The van der Waals surface area contributed by atoms with Crippen LogP contribution < -0.4 is 5.32 Å². The van der Waals surface area contributed by atoms with E-state index in [0.29, 0.717) is 5.92 Å². The summed E-state index contributed by atoms with van der Waals surface area (Å²) in [6.07, 6.45) is 5.37. The lowest BCUT2D eigenvalue weighted by Gasteiger charge is -2.36. The highest BCUT2D eigenvalue weighted by Gasteiger charge is 2.36. The molecular formula is C14H26N2O. The minimum atomic E-state index is -0.338. The Morgan fingerprint density at radius 3 is 2.88 bits per heavy atom. The van der Waals surface area contributed by atoms with Gasteiger partial charge in [-0.15, -0.1) is 0 Å². The van der Waals surface area contributed by atoms with Crippen molar-refractivity contribution in [3.63, 3.8) is 0 Å². The molecule has 0 saturated heterocycles. The van der Waals surface area contributed by atoms with Crippen molar-refractivity contribution >= 4 is 0 Å². The average molecular weight is 238 g/mol. The maximum absolute atomic E-state index is 9.34. The van der Waals surface area contributed by atoms with Gasteiger partial charge in [-0.2, -0.15) is 5.26 Å². The fourth-order valence-electron chi connectivity index (χ4n) is 2.48. The fourth-order valence-corrected chi connectivity index (χ4v) is 2.48. The molecule has 0 amide bonds. The highest BCUT2D eigenvalue weighted by atomic mass is 16.5. The van der Waals surface area contributed by atoms with Crippen molar-refractivity contribution in [1.29, 1.82) is 5.26 Å².